The van der Waals surface area contributed by atoms with Crippen molar-refractivity contribution in [3.63, 3.8) is 0 Å². The van der Waals surface area contributed by atoms with Crippen molar-refractivity contribution >= 4 is 0 Å². The van der Waals surface area contributed by atoms with Crippen LogP contribution < -0.4 is 0 Å². The average molecular weight is 887 g/mol. The number of ether oxygens (including phenoxy) is 8. The molecule has 356 valence electrons. The third kappa shape index (κ3) is 7.56. The van der Waals surface area contributed by atoms with Crippen LogP contribution in [0.3, 0.4) is 0 Å². The molecule has 5 heterocycles. The first-order valence-corrected chi connectivity index (χ1v) is 23.7. The first-order valence-electron chi connectivity index (χ1n) is 23.7. The molecule has 4 saturated carbocycles. The van der Waals surface area contributed by atoms with Gasteiger partial charge in [0.1, 0.15) is 67.1 Å². The smallest absolute Gasteiger partial charge is 0.187 e. The minimum atomic E-state index is -1.82. The van der Waals surface area contributed by atoms with Gasteiger partial charge in [0.2, 0.25) is 0 Å². The summed E-state index contributed by atoms with van der Waals surface area (Å²) in [4.78, 5) is 0. The maximum absolute atomic E-state index is 11.6. The molecule has 17 nitrogen and oxygen atoms in total. The summed E-state index contributed by atoms with van der Waals surface area (Å²) in [5.41, 5.74) is 0.295. The Balaban J connectivity index is 0.922. The lowest BCUT2D eigenvalue weighted by Crippen LogP contribution is -2.67. The highest BCUT2D eigenvalue weighted by Crippen LogP contribution is 2.71. The van der Waals surface area contributed by atoms with Gasteiger partial charge in [0, 0.05) is 12.3 Å². The number of hydrogen-bond acceptors (Lipinski definition) is 17. The zero-order valence-electron chi connectivity index (χ0n) is 36.8. The van der Waals surface area contributed by atoms with Crippen molar-refractivity contribution in [3.8, 4) is 0 Å². The Morgan fingerprint density at radius 3 is 1.92 bits per heavy atom. The quantitative estimate of drug-likeness (QED) is 0.149. The summed E-state index contributed by atoms with van der Waals surface area (Å²) in [5, 5.41) is 95.9. The fourth-order valence-corrected chi connectivity index (χ4v) is 14.6. The van der Waals surface area contributed by atoms with Gasteiger partial charge < -0.3 is 83.9 Å². The molecule has 4 aliphatic carbocycles. The number of hydrogen-bond donors (Lipinski definition) is 9. The van der Waals surface area contributed by atoms with Gasteiger partial charge in [-0.05, 0) is 111 Å². The lowest BCUT2D eigenvalue weighted by atomic mass is 9.44. The standard InChI is InChI=1S/C45H74O17/c1-19-8-13-45(55-18-19)20(2)30-27(62-45)15-26-24-7-6-22-14-23(9-11-43(22,4)25(24)10-12-44(26,30)5)57-42-39(61-41-37(54)35(52)32(49)28(16-46)58-41)38(33(50)29(17-47)59-42)60-40-36(53)34(51)31(48)21(3)56-40/h19-42,46-54H,6-18H2,1-5H3. The third-order valence-electron chi connectivity index (χ3n) is 18.2. The van der Waals surface area contributed by atoms with Crippen molar-refractivity contribution in [2.24, 2.45) is 52.3 Å². The Bertz CT molecular complexity index is 1550. The molecule has 0 aromatic rings. The molecule has 9 aliphatic rings. The van der Waals surface area contributed by atoms with Crippen molar-refractivity contribution in [2.45, 2.75) is 209 Å². The molecule has 5 aliphatic heterocycles. The summed E-state index contributed by atoms with van der Waals surface area (Å²) in [6.07, 6.45) is -13.0. The third-order valence-corrected chi connectivity index (χ3v) is 18.2. The molecular formula is C45H74O17. The fourth-order valence-electron chi connectivity index (χ4n) is 14.6. The number of rotatable bonds is 8. The van der Waals surface area contributed by atoms with Gasteiger partial charge in [-0.1, -0.05) is 27.7 Å². The summed E-state index contributed by atoms with van der Waals surface area (Å²) in [6.45, 7) is 10.5. The zero-order chi connectivity index (χ0) is 44.2. The second-order valence-electron chi connectivity index (χ2n) is 21.5. The van der Waals surface area contributed by atoms with Crippen LogP contribution in [0.25, 0.3) is 0 Å². The highest BCUT2D eigenvalue weighted by Gasteiger charge is 2.69. The molecule has 9 fully saturated rings. The average Bonchev–Trinajstić information content (AvgIpc) is 3.70. The maximum Gasteiger partial charge on any atom is 0.187 e. The Morgan fingerprint density at radius 1 is 0.581 bits per heavy atom. The molecule has 9 rings (SSSR count). The highest BCUT2D eigenvalue weighted by atomic mass is 16.8. The molecule has 0 aromatic carbocycles. The molecule has 0 amide bonds. The van der Waals surface area contributed by atoms with E-state index in [0.717, 1.165) is 51.6 Å². The van der Waals surface area contributed by atoms with Crippen LogP contribution in [0, 0.1) is 52.3 Å². The minimum absolute atomic E-state index is 0.0871. The number of aliphatic hydroxyl groups excluding tert-OH is 9. The van der Waals surface area contributed by atoms with Crippen LogP contribution in [-0.4, -0.2) is 176 Å². The first-order chi connectivity index (χ1) is 29.4. The Kier molecular flexibility index (Phi) is 13.1. The van der Waals surface area contributed by atoms with E-state index in [1.807, 2.05) is 0 Å². The van der Waals surface area contributed by atoms with Crippen LogP contribution in [0.5, 0.6) is 0 Å². The zero-order valence-corrected chi connectivity index (χ0v) is 36.8. The normalized spacial score (nSPS) is 58.9. The summed E-state index contributed by atoms with van der Waals surface area (Å²) in [6, 6.07) is 0. The number of fused-ring (bicyclic) bond motifs is 7. The van der Waals surface area contributed by atoms with Gasteiger partial charge >= 0.3 is 0 Å². The van der Waals surface area contributed by atoms with Crippen LogP contribution in [-0.2, 0) is 37.9 Å². The molecule has 27 atom stereocenters. The van der Waals surface area contributed by atoms with Gasteiger partial charge in [0.05, 0.1) is 38.1 Å². The molecule has 62 heavy (non-hydrogen) atoms. The molecule has 17 heteroatoms. The van der Waals surface area contributed by atoms with Crippen LogP contribution >= 0.6 is 0 Å². The Hall–Kier alpha value is -0.680. The minimum Gasteiger partial charge on any atom is -0.394 e. The van der Waals surface area contributed by atoms with E-state index in [9.17, 15) is 46.0 Å². The largest absolute Gasteiger partial charge is 0.394 e. The predicted octanol–water partition coefficient (Wildman–Crippen LogP) is 0.294. The van der Waals surface area contributed by atoms with Crippen molar-refractivity contribution < 1.29 is 83.9 Å². The predicted molar refractivity (Wildman–Crippen MR) is 214 cm³/mol. The van der Waals surface area contributed by atoms with E-state index in [1.165, 1.54) is 19.8 Å². The molecule has 0 bridgehead atoms. The van der Waals surface area contributed by atoms with Crippen molar-refractivity contribution in [1.82, 2.24) is 0 Å². The molecule has 5 saturated heterocycles. The van der Waals surface area contributed by atoms with E-state index in [1.54, 1.807) is 0 Å². The van der Waals surface area contributed by atoms with E-state index in [0.29, 0.717) is 47.8 Å². The first kappa shape index (κ1) is 46.4. The van der Waals surface area contributed by atoms with Crippen LogP contribution in [0.15, 0.2) is 0 Å². The maximum atomic E-state index is 11.6. The van der Waals surface area contributed by atoms with E-state index >= 15 is 0 Å². The van der Waals surface area contributed by atoms with Crippen LogP contribution in [0.2, 0.25) is 0 Å². The lowest BCUT2D eigenvalue weighted by Gasteiger charge is -2.61. The molecular weight excluding hydrogens is 812 g/mol. The van der Waals surface area contributed by atoms with E-state index in [2.05, 4.69) is 27.7 Å². The van der Waals surface area contributed by atoms with Gasteiger partial charge in [-0.15, -0.1) is 0 Å². The van der Waals surface area contributed by atoms with Crippen molar-refractivity contribution in [2.75, 3.05) is 19.8 Å². The number of aliphatic hydroxyl groups is 9. The second-order valence-corrected chi connectivity index (χ2v) is 21.5. The lowest BCUT2D eigenvalue weighted by molar-refractivity contribution is -0.395. The van der Waals surface area contributed by atoms with Gasteiger partial charge in [-0.25, -0.2) is 0 Å². The second kappa shape index (κ2) is 17.4. The molecule has 27 unspecified atom stereocenters. The Labute approximate surface area is 364 Å². The van der Waals surface area contributed by atoms with Gasteiger partial charge in [0.15, 0.2) is 24.7 Å². The van der Waals surface area contributed by atoms with Crippen LogP contribution in [0.1, 0.15) is 98.8 Å². The summed E-state index contributed by atoms with van der Waals surface area (Å²) >= 11 is 0. The highest BCUT2D eigenvalue weighted by molar-refractivity contribution is 5.15. The van der Waals surface area contributed by atoms with Gasteiger partial charge in [0.25, 0.3) is 0 Å². The summed E-state index contributed by atoms with van der Waals surface area (Å²) in [7, 11) is 0. The fraction of sp³-hybridized carbons (Fsp3) is 1.00. The Morgan fingerprint density at radius 2 is 1.23 bits per heavy atom. The van der Waals surface area contributed by atoms with E-state index in [-0.39, 0.29) is 23.0 Å². The van der Waals surface area contributed by atoms with Crippen molar-refractivity contribution in [3.05, 3.63) is 0 Å². The molecule has 9 N–H and O–H groups in total. The van der Waals surface area contributed by atoms with E-state index < -0.39 is 111 Å². The molecule has 0 radical (unpaired) electrons. The van der Waals surface area contributed by atoms with Gasteiger partial charge in [-0.3, -0.25) is 0 Å². The molecule has 1 spiro atoms. The monoisotopic (exact) mass is 886 g/mol. The van der Waals surface area contributed by atoms with Crippen LogP contribution in [0.4, 0.5) is 0 Å². The van der Waals surface area contributed by atoms with E-state index in [4.69, 9.17) is 37.9 Å². The summed E-state index contributed by atoms with van der Waals surface area (Å²) in [5.74, 6) is 3.11. The topological polar surface area (TPSA) is 256 Å². The summed E-state index contributed by atoms with van der Waals surface area (Å²) < 4.78 is 50.4. The van der Waals surface area contributed by atoms with Gasteiger partial charge in [-0.2, -0.15) is 0 Å². The van der Waals surface area contributed by atoms with Crippen molar-refractivity contribution in [1.29, 1.82) is 0 Å². The SMILES string of the molecule is CC1CCC2(OC1)OC1CC3C4CCC5CC(OC6OC(CO)C(O)C(OC7OC(C)C(O)C(O)C7O)C6OC6OC(CO)C(O)C(O)C6O)CCC5(C)C4CCC3(C)C1C2C. The molecule has 0 aromatic heterocycles.